The van der Waals surface area contributed by atoms with E-state index < -0.39 is 0 Å². The van der Waals surface area contributed by atoms with Crippen molar-refractivity contribution in [2.45, 2.75) is 20.3 Å². The summed E-state index contributed by atoms with van der Waals surface area (Å²) in [6.45, 7) is 8.10. The van der Waals surface area contributed by atoms with Gasteiger partial charge in [0, 0.05) is 6.20 Å². The summed E-state index contributed by atoms with van der Waals surface area (Å²) >= 11 is 0. The molecule has 1 rings (SSSR count). The second-order valence-corrected chi connectivity index (χ2v) is 2.91. The first kappa shape index (κ1) is 9.72. The maximum atomic E-state index is 4.26. The normalized spacial score (nSPS) is 13.4. The number of pyridine rings is 1. The molecular formula is C12H15N. The summed E-state index contributed by atoms with van der Waals surface area (Å²) in [5, 5.41) is 1.95. The number of hydrogen-bond acceptors (Lipinski definition) is 1. The van der Waals surface area contributed by atoms with Crippen LogP contribution in [0.15, 0.2) is 30.0 Å². The summed E-state index contributed by atoms with van der Waals surface area (Å²) < 4.78 is 0. The van der Waals surface area contributed by atoms with E-state index in [0.29, 0.717) is 0 Å². The average molecular weight is 173 g/mol. The summed E-state index contributed by atoms with van der Waals surface area (Å²) in [5.41, 5.74) is 1.30. The van der Waals surface area contributed by atoms with Crippen molar-refractivity contribution in [2.24, 2.45) is 0 Å². The third kappa shape index (κ3) is 2.55. The molecule has 13 heavy (non-hydrogen) atoms. The van der Waals surface area contributed by atoms with Gasteiger partial charge in [0.2, 0.25) is 0 Å². The molecule has 0 aromatic carbocycles. The molecule has 68 valence electrons. The highest BCUT2D eigenvalue weighted by atomic mass is 14.6. The Balaban J connectivity index is 3.22. The van der Waals surface area contributed by atoms with Crippen LogP contribution < -0.4 is 10.6 Å². The van der Waals surface area contributed by atoms with E-state index >= 15 is 0 Å². The number of aromatic nitrogens is 1. The smallest absolute Gasteiger partial charge is 0.0698 e. The molecule has 0 bridgehead atoms. The molecule has 0 unspecified atom stereocenters. The molecule has 1 aromatic heterocycles. The Hall–Kier alpha value is -1.37. The van der Waals surface area contributed by atoms with E-state index in [9.17, 15) is 0 Å². The van der Waals surface area contributed by atoms with Gasteiger partial charge in [-0.15, -0.1) is 0 Å². The highest BCUT2D eigenvalue weighted by molar-refractivity contribution is 5.44. The molecule has 0 N–H and O–H groups in total. The summed E-state index contributed by atoms with van der Waals surface area (Å²) in [7, 11) is 0. The van der Waals surface area contributed by atoms with Crippen LogP contribution in [0.2, 0.25) is 0 Å². The molecule has 0 saturated carbocycles. The van der Waals surface area contributed by atoms with Crippen molar-refractivity contribution in [1.82, 2.24) is 4.98 Å². The van der Waals surface area contributed by atoms with Gasteiger partial charge in [0.1, 0.15) is 0 Å². The predicted molar refractivity (Wildman–Crippen MR) is 57.5 cm³/mol. The van der Waals surface area contributed by atoms with Crippen LogP contribution in [0, 0.1) is 0 Å². The Morgan fingerprint density at radius 3 is 2.92 bits per heavy atom. The van der Waals surface area contributed by atoms with Crippen molar-refractivity contribution < 1.29 is 0 Å². The standard InChI is InChI=1S/C12H15N/c1-4-11(5-2)9-12-10(3)7-6-8-13-12/h4,6-9H,3,5H2,1-2H3/b11-4-,12-9+. The molecule has 0 amide bonds. The molecule has 0 aliphatic heterocycles. The lowest BCUT2D eigenvalue weighted by atomic mass is 10.2. The highest BCUT2D eigenvalue weighted by Gasteiger charge is 1.87. The zero-order valence-corrected chi connectivity index (χ0v) is 8.25. The van der Waals surface area contributed by atoms with Crippen LogP contribution in [0.25, 0.3) is 12.7 Å². The van der Waals surface area contributed by atoms with Gasteiger partial charge >= 0.3 is 0 Å². The topological polar surface area (TPSA) is 12.9 Å². The van der Waals surface area contributed by atoms with E-state index in [1.54, 1.807) is 6.20 Å². The minimum Gasteiger partial charge on any atom is -0.256 e. The van der Waals surface area contributed by atoms with Gasteiger partial charge in [0.25, 0.3) is 0 Å². The van der Waals surface area contributed by atoms with E-state index in [1.165, 1.54) is 5.57 Å². The van der Waals surface area contributed by atoms with Crippen LogP contribution in [-0.2, 0) is 0 Å². The lowest BCUT2D eigenvalue weighted by Gasteiger charge is -1.93. The monoisotopic (exact) mass is 173 g/mol. The van der Waals surface area contributed by atoms with E-state index in [1.807, 2.05) is 19.1 Å². The van der Waals surface area contributed by atoms with Crippen LogP contribution >= 0.6 is 0 Å². The van der Waals surface area contributed by atoms with Crippen LogP contribution in [0.1, 0.15) is 20.3 Å². The largest absolute Gasteiger partial charge is 0.256 e. The minimum atomic E-state index is 0.970. The molecule has 1 nitrogen and oxygen atoms in total. The Bertz CT molecular complexity index is 401. The maximum Gasteiger partial charge on any atom is 0.0698 e. The fourth-order valence-corrected chi connectivity index (χ4v) is 1.15. The summed E-state index contributed by atoms with van der Waals surface area (Å²) in [5.74, 6) is 0. The molecular weight excluding hydrogens is 158 g/mol. The zero-order chi connectivity index (χ0) is 9.68. The zero-order valence-electron chi connectivity index (χ0n) is 8.25. The van der Waals surface area contributed by atoms with Gasteiger partial charge in [0.15, 0.2) is 0 Å². The van der Waals surface area contributed by atoms with Crippen molar-refractivity contribution in [3.8, 4) is 0 Å². The first-order valence-corrected chi connectivity index (χ1v) is 4.54. The molecule has 0 atom stereocenters. The third-order valence-electron chi connectivity index (χ3n) is 2.03. The second-order valence-electron chi connectivity index (χ2n) is 2.91. The highest BCUT2D eigenvalue weighted by Crippen LogP contribution is 1.99. The van der Waals surface area contributed by atoms with Crippen LogP contribution in [0.4, 0.5) is 0 Å². The van der Waals surface area contributed by atoms with Crippen LogP contribution in [0.5, 0.6) is 0 Å². The summed E-state index contributed by atoms with van der Waals surface area (Å²) in [6.07, 6.45) is 7.02. The Labute approximate surface area is 79.1 Å². The van der Waals surface area contributed by atoms with E-state index in [-0.39, 0.29) is 0 Å². The molecule has 1 aromatic rings. The van der Waals surface area contributed by atoms with Gasteiger partial charge in [-0.2, -0.15) is 0 Å². The number of rotatable bonds is 2. The molecule has 0 fully saturated rings. The van der Waals surface area contributed by atoms with E-state index in [4.69, 9.17) is 0 Å². The summed E-state index contributed by atoms with van der Waals surface area (Å²) in [4.78, 5) is 4.26. The number of nitrogens with zero attached hydrogens (tertiary/aromatic N) is 1. The second kappa shape index (κ2) is 4.61. The van der Waals surface area contributed by atoms with Crippen molar-refractivity contribution in [1.29, 1.82) is 0 Å². The quantitative estimate of drug-likeness (QED) is 0.662. The lowest BCUT2D eigenvalue weighted by molar-refractivity contribution is 1.14. The maximum absolute atomic E-state index is 4.26. The van der Waals surface area contributed by atoms with Crippen molar-refractivity contribution >= 4 is 12.7 Å². The Kier molecular flexibility index (Phi) is 3.44. The van der Waals surface area contributed by atoms with Crippen molar-refractivity contribution in [3.05, 3.63) is 40.5 Å². The summed E-state index contributed by atoms with van der Waals surface area (Å²) in [6, 6.07) is 3.88. The van der Waals surface area contributed by atoms with Gasteiger partial charge < -0.3 is 0 Å². The molecule has 1 heteroatoms. The number of hydrogen-bond donors (Lipinski definition) is 0. The average Bonchev–Trinajstić information content (AvgIpc) is 2.17. The van der Waals surface area contributed by atoms with Crippen LogP contribution in [0.3, 0.4) is 0 Å². The molecule has 0 radical (unpaired) electrons. The predicted octanol–water partition coefficient (Wildman–Crippen LogP) is 1.63. The van der Waals surface area contributed by atoms with Gasteiger partial charge in [0.05, 0.1) is 5.35 Å². The van der Waals surface area contributed by atoms with Gasteiger partial charge in [-0.25, -0.2) is 0 Å². The minimum absolute atomic E-state index is 0.970. The molecule has 0 saturated heterocycles. The Morgan fingerprint density at radius 1 is 1.62 bits per heavy atom. The van der Waals surface area contributed by atoms with Gasteiger partial charge in [-0.05, 0) is 30.7 Å². The SMILES string of the molecule is C=c1cccn/c1=C/C(=C\C)CC. The lowest BCUT2D eigenvalue weighted by Crippen LogP contribution is -2.25. The first-order valence-electron chi connectivity index (χ1n) is 4.54. The molecule has 0 aliphatic rings. The van der Waals surface area contributed by atoms with Crippen LogP contribution in [-0.4, -0.2) is 4.98 Å². The van der Waals surface area contributed by atoms with Gasteiger partial charge in [-0.3, -0.25) is 4.98 Å². The Morgan fingerprint density at radius 2 is 2.38 bits per heavy atom. The first-order chi connectivity index (χ1) is 6.27. The fourth-order valence-electron chi connectivity index (χ4n) is 1.15. The van der Waals surface area contributed by atoms with Gasteiger partial charge in [-0.1, -0.05) is 31.2 Å². The molecule has 1 heterocycles. The molecule has 0 aliphatic carbocycles. The van der Waals surface area contributed by atoms with Crippen molar-refractivity contribution in [2.75, 3.05) is 0 Å². The third-order valence-corrected chi connectivity index (χ3v) is 2.03. The van der Waals surface area contributed by atoms with E-state index in [0.717, 1.165) is 17.0 Å². The fraction of sp³-hybridized carbons (Fsp3) is 0.250. The van der Waals surface area contributed by atoms with Crippen molar-refractivity contribution in [3.63, 3.8) is 0 Å². The molecule has 0 spiro atoms. The number of allylic oxidation sites excluding steroid dienone is 2. The van der Waals surface area contributed by atoms with E-state index in [2.05, 4.69) is 30.6 Å².